The van der Waals surface area contributed by atoms with Gasteiger partial charge >= 0.3 is 0 Å². The van der Waals surface area contributed by atoms with Crippen LogP contribution in [0.3, 0.4) is 0 Å². The number of thiophene rings is 1. The first-order valence-electron chi connectivity index (χ1n) is 7.99. The lowest BCUT2D eigenvalue weighted by Crippen LogP contribution is -2.18. The lowest BCUT2D eigenvalue weighted by atomic mass is 10.1. The van der Waals surface area contributed by atoms with Gasteiger partial charge in [0.15, 0.2) is 0 Å². The summed E-state index contributed by atoms with van der Waals surface area (Å²) in [5, 5.41) is 13.4. The van der Waals surface area contributed by atoms with Crippen molar-refractivity contribution < 1.29 is 14.8 Å². The molecule has 7 heteroatoms. The predicted molar refractivity (Wildman–Crippen MR) is 100 cm³/mol. The Kier molecular flexibility index (Phi) is 5.73. The lowest BCUT2D eigenvalue weighted by Gasteiger charge is -2.07. The Morgan fingerprint density at radius 2 is 1.88 bits per heavy atom. The van der Waals surface area contributed by atoms with Gasteiger partial charge in [-0.05, 0) is 35.6 Å². The highest BCUT2D eigenvalue weighted by Crippen LogP contribution is 2.27. The van der Waals surface area contributed by atoms with Crippen molar-refractivity contribution in [1.82, 2.24) is 10.5 Å². The van der Waals surface area contributed by atoms with E-state index in [0.717, 1.165) is 5.56 Å². The highest BCUT2D eigenvalue weighted by atomic mass is 32.1. The molecule has 0 saturated carbocycles. The van der Waals surface area contributed by atoms with Crippen LogP contribution in [-0.2, 0) is 11.2 Å². The predicted octanol–water partition coefficient (Wildman–Crippen LogP) is 3.50. The molecule has 2 heterocycles. The fourth-order valence-electron chi connectivity index (χ4n) is 2.49. The summed E-state index contributed by atoms with van der Waals surface area (Å²) in [7, 11) is 0. The van der Waals surface area contributed by atoms with Gasteiger partial charge in [-0.2, -0.15) is 0 Å². The molecule has 0 atom stereocenters. The molecule has 0 aliphatic heterocycles. The maximum Gasteiger partial charge on any atom is 0.285 e. The first-order chi connectivity index (χ1) is 12.7. The Bertz CT molecular complexity index is 892. The van der Waals surface area contributed by atoms with E-state index in [9.17, 15) is 9.59 Å². The third-order valence-corrected chi connectivity index (χ3v) is 4.69. The van der Waals surface area contributed by atoms with Gasteiger partial charge in [0.1, 0.15) is 4.88 Å². The quantitative estimate of drug-likeness (QED) is 0.459. The fourth-order valence-corrected chi connectivity index (χ4v) is 3.28. The summed E-state index contributed by atoms with van der Waals surface area (Å²) in [6, 6.07) is 15.0. The second kappa shape index (κ2) is 8.37. The molecule has 0 aliphatic carbocycles. The zero-order chi connectivity index (χ0) is 18.4. The van der Waals surface area contributed by atoms with Crippen LogP contribution >= 0.6 is 11.3 Å². The van der Waals surface area contributed by atoms with Gasteiger partial charge in [-0.1, -0.05) is 30.3 Å². The Hall–Kier alpha value is -3.03. The summed E-state index contributed by atoms with van der Waals surface area (Å²) in [5.41, 5.74) is 4.55. The van der Waals surface area contributed by atoms with Crippen molar-refractivity contribution in [3.8, 4) is 11.3 Å². The molecule has 0 spiro atoms. The van der Waals surface area contributed by atoms with Gasteiger partial charge in [-0.15, -0.1) is 11.3 Å². The van der Waals surface area contributed by atoms with Crippen LogP contribution in [0.2, 0.25) is 0 Å². The Morgan fingerprint density at radius 3 is 2.58 bits per heavy atom. The molecule has 6 nitrogen and oxygen atoms in total. The third-order valence-electron chi connectivity index (χ3n) is 3.78. The summed E-state index contributed by atoms with van der Waals surface area (Å²) < 4.78 is 0. The molecule has 0 radical (unpaired) electrons. The Labute approximate surface area is 154 Å². The number of rotatable bonds is 6. The van der Waals surface area contributed by atoms with Crippen molar-refractivity contribution in [3.05, 3.63) is 70.5 Å². The number of aromatic nitrogens is 1. The van der Waals surface area contributed by atoms with E-state index < -0.39 is 5.91 Å². The molecule has 3 N–H and O–H groups in total. The Balaban J connectivity index is 1.62. The van der Waals surface area contributed by atoms with Gasteiger partial charge in [-0.3, -0.25) is 19.8 Å². The lowest BCUT2D eigenvalue weighted by molar-refractivity contribution is -0.116. The molecule has 2 amide bonds. The number of hydroxylamine groups is 1. The van der Waals surface area contributed by atoms with Crippen LogP contribution in [0.5, 0.6) is 0 Å². The first kappa shape index (κ1) is 17.8. The summed E-state index contributed by atoms with van der Waals surface area (Å²) >= 11 is 1.21. The first-order valence-corrected chi connectivity index (χ1v) is 8.87. The summed E-state index contributed by atoms with van der Waals surface area (Å²) in [4.78, 5) is 28.4. The molecule has 0 unspecified atom stereocenters. The largest absolute Gasteiger partial charge is 0.325 e. The fraction of sp³-hybridized carbons (Fsp3) is 0.105. The van der Waals surface area contributed by atoms with E-state index in [4.69, 9.17) is 5.21 Å². The molecular formula is C19H17N3O3S. The van der Waals surface area contributed by atoms with E-state index in [1.165, 1.54) is 11.3 Å². The van der Waals surface area contributed by atoms with Crippen LogP contribution in [-0.4, -0.2) is 22.0 Å². The molecule has 0 saturated heterocycles. The average molecular weight is 367 g/mol. The van der Waals surface area contributed by atoms with Crippen molar-refractivity contribution in [3.63, 3.8) is 0 Å². The van der Waals surface area contributed by atoms with E-state index in [1.54, 1.807) is 35.3 Å². The zero-order valence-electron chi connectivity index (χ0n) is 13.8. The smallest absolute Gasteiger partial charge is 0.285 e. The van der Waals surface area contributed by atoms with Gasteiger partial charge in [0.25, 0.3) is 5.91 Å². The standard InChI is InChI=1S/C19H17N3O3S/c23-17(9-6-13-4-2-1-3-5-13)21-14-7-8-16(20-12-14)15-10-11-26-18(15)19(24)22-25/h1-5,7-8,10-12,25H,6,9H2,(H,21,23)(H,22,24). The number of hydrogen-bond donors (Lipinski definition) is 3. The van der Waals surface area contributed by atoms with Crippen molar-refractivity contribution in [1.29, 1.82) is 0 Å². The number of nitrogens with one attached hydrogen (secondary N) is 2. The highest BCUT2D eigenvalue weighted by molar-refractivity contribution is 7.12. The molecule has 0 aliphatic rings. The van der Waals surface area contributed by atoms with Crippen LogP contribution in [0.4, 0.5) is 5.69 Å². The highest BCUT2D eigenvalue weighted by Gasteiger charge is 2.15. The topological polar surface area (TPSA) is 91.3 Å². The number of pyridine rings is 1. The second-order valence-corrected chi connectivity index (χ2v) is 6.49. The molecule has 3 aromatic rings. The van der Waals surface area contributed by atoms with Crippen molar-refractivity contribution in [2.24, 2.45) is 0 Å². The third kappa shape index (κ3) is 4.33. The second-order valence-electron chi connectivity index (χ2n) is 5.57. The number of nitrogens with zero attached hydrogens (tertiary/aromatic N) is 1. The van der Waals surface area contributed by atoms with Crippen LogP contribution in [0, 0.1) is 0 Å². The number of benzene rings is 1. The molecule has 3 rings (SSSR count). The number of amides is 2. The van der Waals surface area contributed by atoms with Crippen molar-refractivity contribution in [2.75, 3.05) is 5.32 Å². The minimum Gasteiger partial charge on any atom is -0.325 e. The van der Waals surface area contributed by atoms with Gasteiger partial charge in [0, 0.05) is 12.0 Å². The molecule has 26 heavy (non-hydrogen) atoms. The van der Waals surface area contributed by atoms with Crippen molar-refractivity contribution in [2.45, 2.75) is 12.8 Å². The SMILES string of the molecule is O=C(CCc1ccccc1)Nc1ccc(-c2ccsc2C(=O)NO)nc1. The minimum atomic E-state index is -0.574. The van der Waals surface area contributed by atoms with Gasteiger partial charge in [-0.25, -0.2) is 5.48 Å². The molecule has 132 valence electrons. The van der Waals surface area contributed by atoms with Crippen LogP contribution < -0.4 is 10.8 Å². The maximum absolute atomic E-state index is 12.1. The van der Waals surface area contributed by atoms with E-state index in [2.05, 4.69) is 10.3 Å². The molecular weight excluding hydrogens is 350 g/mol. The van der Waals surface area contributed by atoms with E-state index in [1.807, 2.05) is 30.3 Å². The summed E-state index contributed by atoms with van der Waals surface area (Å²) in [5.74, 6) is -0.658. The van der Waals surface area contributed by atoms with Crippen molar-refractivity contribution >= 4 is 28.8 Å². The maximum atomic E-state index is 12.1. The number of anilines is 1. The van der Waals surface area contributed by atoms with Crippen LogP contribution in [0.25, 0.3) is 11.3 Å². The molecule has 0 fully saturated rings. The van der Waals surface area contributed by atoms with Gasteiger partial charge < -0.3 is 5.32 Å². The van der Waals surface area contributed by atoms with Crippen LogP contribution in [0.15, 0.2) is 60.1 Å². The van der Waals surface area contributed by atoms with E-state index in [0.29, 0.717) is 34.7 Å². The van der Waals surface area contributed by atoms with E-state index in [-0.39, 0.29) is 5.91 Å². The summed E-state index contributed by atoms with van der Waals surface area (Å²) in [6.07, 6.45) is 2.61. The van der Waals surface area contributed by atoms with Gasteiger partial charge in [0.2, 0.25) is 5.91 Å². The number of aryl methyl sites for hydroxylation is 1. The van der Waals surface area contributed by atoms with E-state index >= 15 is 0 Å². The molecule has 0 bridgehead atoms. The monoisotopic (exact) mass is 367 g/mol. The summed E-state index contributed by atoms with van der Waals surface area (Å²) in [6.45, 7) is 0. The minimum absolute atomic E-state index is 0.0840. The normalized spacial score (nSPS) is 10.3. The molecule has 1 aromatic carbocycles. The molecule has 2 aromatic heterocycles. The zero-order valence-corrected chi connectivity index (χ0v) is 14.6. The number of carbonyl (C=O) groups is 2. The van der Waals surface area contributed by atoms with Gasteiger partial charge in [0.05, 0.1) is 17.6 Å². The van der Waals surface area contributed by atoms with Crippen LogP contribution in [0.1, 0.15) is 21.7 Å². The number of hydrogen-bond acceptors (Lipinski definition) is 5. The number of carbonyl (C=O) groups excluding carboxylic acids is 2. The average Bonchev–Trinajstić information content (AvgIpc) is 3.17. The Morgan fingerprint density at radius 1 is 1.08 bits per heavy atom.